The van der Waals surface area contributed by atoms with Gasteiger partial charge in [0, 0.05) is 44.3 Å². The van der Waals surface area contributed by atoms with Crippen molar-refractivity contribution < 1.29 is 37.3 Å². The first kappa shape index (κ1) is 37.6. The zero-order valence-corrected chi connectivity index (χ0v) is 29.8. The van der Waals surface area contributed by atoms with Crippen LogP contribution in [0.15, 0.2) is 47.4 Å². The first-order chi connectivity index (χ1) is 22.9. The molecule has 12 heteroatoms. The summed E-state index contributed by atoms with van der Waals surface area (Å²) in [6.07, 6.45) is 6.48. The lowest BCUT2D eigenvalue weighted by atomic mass is 9.88. The van der Waals surface area contributed by atoms with Gasteiger partial charge in [-0.05, 0) is 88.4 Å². The van der Waals surface area contributed by atoms with Crippen LogP contribution in [0.4, 0.5) is 5.69 Å². The van der Waals surface area contributed by atoms with Gasteiger partial charge in [0.15, 0.2) is 0 Å². The van der Waals surface area contributed by atoms with Crippen LogP contribution < -0.4 is 14.8 Å². The Kier molecular flexibility index (Phi) is 13.7. The zero-order valence-electron chi connectivity index (χ0n) is 29.0. The van der Waals surface area contributed by atoms with E-state index in [2.05, 4.69) is 5.32 Å². The second-order valence-electron chi connectivity index (χ2n) is 13.3. The van der Waals surface area contributed by atoms with Gasteiger partial charge in [0.2, 0.25) is 15.9 Å². The summed E-state index contributed by atoms with van der Waals surface area (Å²) in [6, 6.07) is 10.9. The molecule has 2 aromatic carbocycles. The Bertz CT molecular complexity index is 1460. The van der Waals surface area contributed by atoms with Crippen LogP contribution in [0, 0.1) is 11.8 Å². The lowest BCUT2D eigenvalue weighted by molar-refractivity contribution is -0.120. The predicted octanol–water partition coefficient (Wildman–Crippen LogP) is 5.33. The molecule has 0 bridgehead atoms. The number of anilines is 1. The largest absolute Gasteiger partial charge is 0.497 e. The number of aliphatic hydroxyl groups excluding tert-OH is 1. The molecule has 0 radical (unpaired) electrons. The molecule has 2 amide bonds. The number of aliphatic hydroxyl groups is 1. The molecule has 1 aliphatic heterocycles. The fourth-order valence-corrected chi connectivity index (χ4v) is 7.53. The SMILES string of the molecule is COc1ccc(S(=O)(=O)N(C)C[C@@H]2OCCCC[C@H](C)Oc3ccc(NC(=O)C4CCCCC4)cc3C(=O)N([C@@H](C)CO)C[C@H]2C)cc1. The van der Waals surface area contributed by atoms with Gasteiger partial charge in [-0.2, -0.15) is 4.31 Å². The number of amides is 2. The molecule has 0 unspecified atom stereocenters. The molecule has 1 aliphatic carbocycles. The standard InChI is InChI=1S/C36H53N3O8S/c1-25-22-39(26(2)24-40)36(42)32-21-29(37-35(41)28-12-7-6-8-13-28)14-19-33(32)47-27(3)11-9-10-20-46-34(25)23-38(4)48(43,44)31-17-15-30(45-5)16-18-31/h14-19,21,25-28,34,40H,6-13,20,22-24H2,1-5H3,(H,37,41)/t25-,26+,27+,34+/m1/s1. The van der Waals surface area contributed by atoms with Crippen molar-refractivity contribution in [2.75, 3.05) is 45.8 Å². The van der Waals surface area contributed by atoms with Gasteiger partial charge >= 0.3 is 0 Å². The van der Waals surface area contributed by atoms with Crippen molar-refractivity contribution in [3.8, 4) is 11.5 Å². The van der Waals surface area contributed by atoms with Gasteiger partial charge in [-0.15, -0.1) is 0 Å². The number of hydrogen-bond donors (Lipinski definition) is 2. The number of sulfonamides is 1. The van der Waals surface area contributed by atoms with Crippen LogP contribution in [0.3, 0.4) is 0 Å². The normalized spacial score (nSPS) is 22.7. The minimum Gasteiger partial charge on any atom is -0.497 e. The summed E-state index contributed by atoms with van der Waals surface area (Å²) in [6.45, 7) is 6.05. The molecule has 2 N–H and O–H groups in total. The van der Waals surface area contributed by atoms with Crippen LogP contribution in [0.5, 0.6) is 11.5 Å². The second-order valence-corrected chi connectivity index (χ2v) is 15.3. The summed E-state index contributed by atoms with van der Waals surface area (Å²) in [5.41, 5.74) is 0.816. The fraction of sp³-hybridized carbons (Fsp3) is 0.611. The van der Waals surface area contributed by atoms with Crippen molar-refractivity contribution in [1.29, 1.82) is 0 Å². The molecule has 2 aromatic rings. The molecule has 2 aliphatic rings. The third-order valence-electron chi connectivity index (χ3n) is 9.50. The van der Waals surface area contributed by atoms with E-state index in [0.29, 0.717) is 29.4 Å². The van der Waals surface area contributed by atoms with E-state index < -0.39 is 22.2 Å². The second kappa shape index (κ2) is 17.5. The predicted molar refractivity (Wildman–Crippen MR) is 185 cm³/mol. The van der Waals surface area contributed by atoms with Crippen LogP contribution in [0.1, 0.15) is 82.5 Å². The Morgan fingerprint density at radius 2 is 1.75 bits per heavy atom. The highest BCUT2D eigenvalue weighted by molar-refractivity contribution is 7.89. The Labute approximate surface area is 286 Å². The van der Waals surface area contributed by atoms with Crippen molar-refractivity contribution in [3.63, 3.8) is 0 Å². The lowest BCUT2D eigenvalue weighted by Gasteiger charge is -2.35. The highest BCUT2D eigenvalue weighted by Gasteiger charge is 2.33. The third kappa shape index (κ3) is 9.71. The Hall–Kier alpha value is -3.19. The van der Waals surface area contributed by atoms with Gasteiger partial charge in [-0.1, -0.05) is 26.2 Å². The van der Waals surface area contributed by atoms with E-state index in [-0.39, 0.29) is 54.3 Å². The maximum atomic E-state index is 14.4. The van der Waals surface area contributed by atoms with Crippen molar-refractivity contribution in [2.24, 2.45) is 11.8 Å². The molecule has 1 heterocycles. The molecular weight excluding hydrogens is 634 g/mol. The number of likely N-dealkylation sites (N-methyl/N-ethyl adjacent to an activating group) is 1. The topological polar surface area (TPSA) is 135 Å². The number of carbonyl (C=O) groups excluding carboxylic acids is 2. The van der Waals surface area contributed by atoms with Crippen molar-refractivity contribution >= 4 is 27.5 Å². The van der Waals surface area contributed by atoms with Crippen LogP contribution >= 0.6 is 0 Å². The minimum absolute atomic E-state index is 0.0415. The third-order valence-corrected chi connectivity index (χ3v) is 11.3. The number of benzene rings is 2. The van der Waals surface area contributed by atoms with E-state index in [4.69, 9.17) is 14.2 Å². The van der Waals surface area contributed by atoms with E-state index >= 15 is 0 Å². The molecule has 4 rings (SSSR count). The molecule has 11 nitrogen and oxygen atoms in total. The number of nitrogens with zero attached hydrogens (tertiary/aromatic N) is 2. The molecule has 4 atom stereocenters. The summed E-state index contributed by atoms with van der Waals surface area (Å²) in [5, 5.41) is 13.3. The van der Waals surface area contributed by atoms with Crippen LogP contribution in [-0.2, 0) is 19.6 Å². The molecule has 0 aromatic heterocycles. The molecule has 1 fully saturated rings. The lowest BCUT2D eigenvalue weighted by Crippen LogP contribution is -2.48. The first-order valence-corrected chi connectivity index (χ1v) is 18.6. The molecule has 266 valence electrons. The Morgan fingerprint density at radius 3 is 2.42 bits per heavy atom. The molecule has 48 heavy (non-hydrogen) atoms. The quantitative estimate of drug-likeness (QED) is 0.362. The number of methoxy groups -OCH3 is 1. The van der Waals surface area contributed by atoms with E-state index in [0.717, 1.165) is 51.4 Å². The summed E-state index contributed by atoms with van der Waals surface area (Å²) in [7, 11) is -0.788. The molecule has 1 saturated carbocycles. The number of nitrogens with one attached hydrogen (secondary N) is 1. The van der Waals surface area contributed by atoms with Crippen LogP contribution in [0.25, 0.3) is 0 Å². The fourth-order valence-electron chi connectivity index (χ4n) is 6.35. The van der Waals surface area contributed by atoms with E-state index in [1.165, 1.54) is 30.6 Å². The smallest absolute Gasteiger partial charge is 0.258 e. The zero-order chi connectivity index (χ0) is 34.8. The minimum atomic E-state index is -3.84. The summed E-state index contributed by atoms with van der Waals surface area (Å²) >= 11 is 0. The maximum Gasteiger partial charge on any atom is 0.258 e. The number of rotatable bonds is 9. The molecule has 0 spiro atoms. The Morgan fingerprint density at radius 1 is 1.06 bits per heavy atom. The monoisotopic (exact) mass is 687 g/mol. The number of hydrogen-bond acceptors (Lipinski definition) is 8. The van der Waals surface area contributed by atoms with E-state index in [9.17, 15) is 23.1 Å². The van der Waals surface area contributed by atoms with Crippen molar-refractivity contribution in [3.05, 3.63) is 48.0 Å². The first-order valence-electron chi connectivity index (χ1n) is 17.2. The van der Waals surface area contributed by atoms with Crippen LogP contribution in [0.2, 0.25) is 0 Å². The maximum absolute atomic E-state index is 14.4. The highest BCUT2D eigenvalue weighted by Crippen LogP contribution is 2.30. The average molecular weight is 688 g/mol. The Balaban J connectivity index is 1.62. The van der Waals surface area contributed by atoms with Crippen molar-refractivity contribution in [1.82, 2.24) is 9.21 Å². The van der Waals surface area contributed by atoms with Gasteiger partial charge in [0.1, 0.15) is 11.5 Å². The molecular formula is C36H53N3O8S. The summed E-state index contributed by atoms with van der Waals surface area (Å²) < 4.78 is 46.1. The summed E-state index contributed by atoms with van der Waals surface area (Å²) in [4.78, 5) is 29.2. The van der Waals surface area contributed by atoms with E-state index in [1.807, 2.05) is 13.8 Å². The highest BCUT2D eigenvalue weighted by atomic mass is 32.2. The number of ether oxygens (including phenoxy) is 3. The van der Waals surface area contributed by atoms with Gasteiger partial charge in [0.25, 0.3) is 5.91 Å². The average Bonchev–Trinajstić information content (AvgIpc) is 3.09. The van der Waals surface area contributed by atoms with Gasteiger partial charge in [-0.25, -0.2) is 8.42 Å². The number of carbonyl (C=O) groups is 2. The van der Waals surface area contributed by atoms with Gasteiger partial charge < -0.3 is 29.5 Å². The molecule has 0 saturated heterocycles. The van der Waals surface area contributed by atoms with Crippen molar-refractivity contribution in [2.45, 2.75) is 95.3 Å². The van der Waals surface area contributed by atoms with Gasteiger partial charge in [0.05, 0.1) is 42.4 Å². The number of fused-ring (bicyclic) bond motifs is 1. The van der Waals surface area contributed by atoms with Crippen LogP contribution in [-0.4, -0.2) is 93.3 Å². The summed E-state index contributed by atoms with van der Waals surface area (Å²) in [5.74, 6) is 0.227. The van der Waals surface area contributed by atoms with Gasteiger partial charge in [-0.3, -0.25) is 9.59 Å². The van der Waals surface area contributed by atoms with E-state index in [1.54, 1.807) is 42.2 Å².